The Labute approximate surface area is 117 Å². The van der Waals surface area contributed by atoms with E-state index in [0.717, 1.165) is 0 Å². The van der Waals surface area contributed by atoms with E-state index in [-0.39, 0.29) is 17.0 Å². The molecular formula is C12H17N3O3S. The fourth-order valence-corrected chi connectivity index (χ4v) is 1.65. The van der Waals surface area contributed by atoms with Gasteiger partial charge in [-0.25, -0.2) is 0 Å². The quantitative estimate of drug-likeness (QED) is 0.376. The number of aromatic hydroxyl groups is 1. The van der Waals surface area contributed by atoms with Crippen LogP contribution in [0.4, 0.5) is 11.4 Å². The van der Waals surface area contributed by atoms with Crippen molar-refractivity contribution >= 4 is 28.7 Å². The Morgan fingerprint density at radius 1 is 1.47 bits per heavy atom. The second-order valence-corrected chi connectivity index (χ2v) is 5.51. The molecule has 0 aliphatic heterocycles. The van der Waals surface area contributed by atoms with Gasteiger partial charge in [0, 0.05) is 24.3 Å². The monoisotopic (exact) mass is 283 g/mol. The van der Waals surface area contributed by atoms with E-state index in [1.54, 1.807) is 0 Å². The third kappa shape index (κ3) is 3.78. The Morgan fingerprint density at radius 3 is 2.53 bits per heavy atom. The second kappa shape index (κ2) is 5.40. The third-order valence-electron chi connectivity index (χ3n) is 2.73. The smallest absolute Gasteiger partial charge is 0.312 e. The molecule has 1 aromatic carbocycles. The Balaban J connectivity index is 2.92. The average molecular weight is 283 g/mol. The third-order valence-corrected chi connectivity index (χ3v) is 3.11. The molecule has 0 unspecified atom stereocenters. The molecule has 2 N–H and O–H groups in total. The topological polar surface area (TPSA) is 78.6 Å². The number of benzene rings is 1. The molecule has 1 rings (SSSR count). The van der Waals surface area contributed by atoms with Crippen LogP contribution in [0, 0.1) is 10.1 Å². The first-order valence-corrected chi connectivity index (χ1v) is 6.06. The lowest BCUT2D eigenvalue weighted by Crippen LogP contribution is -2.44. The molecule has 0 heterocycles. The Morgan fingerprint density at radius 2 is 2.05 bits per heavy atom. The van der Waals surface area contributed by atoms with E-state index < -0.39 is 4.92 Å². The summed E-state index contributed by atoms with van der Waals surface area (Å²) in [5.74, 6) is -0.370. The van der Waals surface area contributed by atoms with Crippen molar-refractivity contribution in [2.75, 3.05) is 12.4 Å². The highest BCUT2D eigenvalue weighted by molar-refractivity contribution is 7.80. The van der Waals surface area contributed by atoms with Gasteiger partial charge in [-0.1, -0.05) is 0 Å². The van der Waals surface area contributed by atoms with Crippen molar-refractivity contribution in [3.63, 3.8) is 0 Å². The number of phenols is 1. The summed E-state index contributed by atoms with van der Waals surface area (Å²) >= 11 is 5.23. The maximum Gasteiger partial charge on any atom is 0.312 e. The SMILES string of the molecule is CN(C(=S)Nc1ccc(O)c([N+](=O)[O-])c1)C(C)(C)C. The van der Waals surface area contributed by atoms with Crippen molar-refractivity contribution in [3.05, 3.63) is 28.3 Å². The van der Waals surface area contributed by atoms with Crippen molar-refractivity contribution in [1.82, 2.24) is 4.90 Å². The summed E-state index contributed by atoms with van der Waals surface area (Å²) < 4.78 is 0. The molecule has 0 bridgehead atoms. The zero-order valence-electron chi connectivity index (χ0n) is 11.3. The molecule has 104 valence electrons. The van der Waals surface area contributed by atoms with Crippen LogP contribution < -0.4 is 5.32 Å². The van der Waals surface area contributed by atoms with Gasteiger partial charge in [-0.2, -0.15) is 0 Å². The summed E-state index contributed by atoms with van der Waals surface area (Å²) in [4.78, 5) is 11.9. The van der Waals surface area contributed by atoms with Crippen LogP contribution in [-0.2, 0) is 0 Å². The first-order chi connectivity index (χ1) is 8.62. The lowest BCUT2D eigenvalue weighted by molar-refractivity contribution is -0.385. The van der Waals surface area contributed by atoms with Gasteiger partial charge in [0.1, 0.15) is 0 Å². The molecule has 0 fully saturated rings. The van der Waals surface area contributed by atoms with Gasteiger partial charge in [0.05, 0.1) is 4.92 Å². The number of nitrogens with zero attached hydrogens (tertiary/aromatic N) is 2. The predicted molar refractivity (Wildman–Crippen MR) is 78.5 cm³/mol. The molecule has 0 saturated carbocycles. The number of thiocarbonyl (C=S) groups is 1. The molecule has 0 aliphatic carbocycles. The molecule has 0 atom stereocenters. The number of nitro groups is 1. The van der Waals surface area contributed by atoms with E-state index in [4.69, 9.17) is 12.2 Å². The molecule has 0 radical (unpaired) electrons. The maximum absolute atomic E-state index is 10.7. The summed E-state index contributed by atoms with van der Waals surface area (Å²) in [5.41, 5.74) is -0.0516. The number of hydrogen-bond donors (Lipinski definition) is 2. The van der Waals surface area contributed by atoms with Crippen LogP contribution in [0.5, 0.6) is 5.75 Å². The Bertz CT molecular complexity index is 511. The Hall–Kier alpha value is -1.89. The minimum atomic E-state index is -0.642. The fraction of sp³-hybridized carbons (Fsp3) is 0.417. The minimum Gasteiger partial charge on any atom is -0.502 e. The number of nitrogens with one attached hydrogen (secondary N) is 1. The summed E-state index contributed by atoms with van der Waals surface area (Å²) in [6, 6.07) is 4.05. The highest BCUT2D eigenvalue weighted by Gasteiger charge is 2.20. The largest absolute Gasteiger partial charge is 0.502 e. The Kier molecular flexibility index (Phi) is 4.31. The van der Waals surface area contributed by atoms with E-state index in [0.29, 0.717) is 10.8 Å². The van der Waals surface area contributed by atoms with E-state index in [1.165, 1.54) is 18.2 Å². The van der Waals surface area contributed by atoms with Gasteiger partial charge in [-0.05, 0) is 45.1 Å². The zero-order chi connectivity index (χ0) is 14.8. The van der Waals surface area contributed by atoms with E-state index in [9.17, 15) is 15.2 Å². The zero-order valence-corrected chi connectivity index (χ0v) is 12.1. The number of hydrogen-bond acceptors (Lipinski definition) is 4. The number of phenolic OH excluding ortho intramolecular Hbond substituents is 1. The number of anilines is 1. The highest BCUT2D eigenvalue weighted by atomic mass is 32.1. The molecule has 19 heavy (non-hydrogen) atoms. The van der Waals surface area contributed by atoms with Crippen LogP contribution in [0.1, 0.15) is 20.8 Å². The van der Waals surface area contributed by atoms with E-state index in [2.05, 4.69) is 5.32 Å². The van der Waals surface area contributed by atoms with Crippen molar-refractivity contribution < 1.29 is 10.0 Å². The van der Waals surface area contributed by atoms with Crippen molar-refractivity contribution in [2.45, 2.75) is 26.3 Å². The second-order valence-electron chi connectivity index (χ2n) is 5.12. The molecule has 7 heteroatoms. The molecule has 1 aromatic rings. The molecule has 0 spiro atoms. The van der Waals surface area contributed by atoms with E-state index >= 15 is 0 Å². The average Bonchev–Trinajstić information content (AvgIpc) is 2.29. The van der Waals surface area contributed by atoms with Gasteiger partial charge >= 0.3 is 5.69 Å². The lowest BCUT2D eigenvalue weighted by atomic mass is 10.1. The maximum atomic E-state index is 10.7. The molecule has 0 amide bonds. The molecular weight excluding hydrogens is 266 g/mol. The van der Waals surface area contributed by atoms with Gasteiger partial charge in [0.15, 0.2) is 10.9 Å². The van der Waals surface area contributed by atoms with Gasteiger partial charge in [0.25, 0.3) is 0 Å². The normalized spacial score (nSPS) is 10.9. The van der Waals surface area contributed by atoms with Crippen molar-refractivity contribution in [2.24, 2.45) is 0 Å². The van der Waals surface area contributed by atoms with Crippen LogP contribution in [-0.4, -0.2) is 32.6 Å². The summed E-state index contributed by atoms with van der Waals surface area (Å²) in [6.07, 6.45) is 0. The van der Waals surface area contributed by atoms with Crippen LogP contribution in [0.3, 0.4) is 0 Å². The number of rotatable bonds is 2. The van der Waals surface area contributed by atoms with Crippen molar-refractivity contribution in [1.29, 1.82) is 0 Å². The van der Waals surface area contributed by atoms with Crippen LogP contribution >= 0.6 is 12.2 Å². The van der Waals surface area contributed by atoms with E-state index in [1.807, 2.05) is 32.7 Å². The van der Waals surface area contributed by atoms with Crippen LogP contribution in [0.2, 0.25) is 0 Å². The van der Waals surface area contributed by atoms with Crippen LogP contribution in [0.25, 0.3) is 0 Å². The molecule has 0 aliphatic rings. The fourth-order valence-electron chi connectivity index (χ4n) is 1.26. The number of nitro benzene ring substituents is 1. The first-order valence-electron chi connectivity index (χ1n) is 5.65. The molecule has 6 nitrogen and oxygen atoms in total. The first kappa shape index (κ1) is 15.2. The van der Waals surface area contributed by atoms with Gasteiger partial charge < -0.3 is 15.3 Å². The highest BCUT2D eigenvalue weighted by Crippen LogP contribution is 2.28. The van der Waals surface area contributed by atoms with Gasteiger partial charge in [-0.15, -0.1) is 0 Å². The summed E-state index contributed by atoms with van der Waals surface area (Å²) in [7, 11) is 1.84. The summed E-state index contributed by atoms with van der Waals surface area (Å²) in [6.45, 7) is 6.00. The van der Waals surface area contributed by atoms with Gasteiger partial charge in [-0.3, -0.25) is 10.1 Å². The van der Waals surface area contributed by atoms with Gasteiger partial charge in [0.2, 0.25) is 0 Å². The standard InChI is InChI=1S/C12H17N3O3S/c1-12(2,3)14(4)11(19)13-8-5-6-10(16)9(7-8)15(17)18/h5-7,16H,1-4H3,(H,13,19). The molecule has 0 aromatic heterocycles. The van der Waals surface area contributed by atoms with Crippen LogP contribution in [0.15, 0.2) is 18.2 Å². The van der Waals surface area contributed by atoms with Crippen molar-refractivity contribution in [3.8, 4) is 5.75 Å². The molecule has 0 saturated heterocycles. The predicted octanol–water partition coefficient (Wildman–Crippen LogP) is 2.73. The lowest BCUT2D eigenvalue weighted by Gasteiger charge is -2.34. The summed E-state index contributed by atoms with van der Waals surface area (Å²) in [5, 5.41) is 23.5. The minimum absolute atomic E-state index is 0.160.